The highest BCUT2D eigenvalue weighted by molar-refractivity contribution is 6.31. The van der Waals surface area contributed by atoms with Gasteiger partial charge >= 0.3 is 6.09 Å². The number of amides is 1. The standard InChI is InChI=1S/C8H8ClNO2/c9-7-4-2-1-3-6(7)5-12-8(10)11/h1-4H,5H2,(H2,10,11). The highest BCUT2D eigenvalue weighted by Gasteiger charge is 2.00. The molecule has 3 nitrogen and oxygen atoms in total. The Labute approximate surface area is 75.1 Å². The Kier molecular flexibility index (Phi) is 2.94. The molecule has 1 aromatic carbocycles. The molecule has 0 aliphatic carbocycles. The fourth-order valence-corrected chi connectivity index (χ4v) is 0.955. The number of primary amides is 1. The zero-order chi connectivity index (χ0) is 8.97. The Hall–Kier alpha value is -1.22. The van der Waals surface area contributed by atoms with Crippen LogP contribution in [-0.2, 0) is 11.3 Å². The number of ether oxygens (including phenoxy) is 1. The van der Waals surface area contributed by atoms with Crippen LogP contribution in [0.15, 0.2) is 24.3 Å². The third-order valence-corrected chi connectivity index (χ3v) is 1.70. The second-order valence-electron chi connectivity index (χ2n) is 2.20. The highest BCUT2D eigenvalue weighted by Crippen LogP contribution is 2.15. The van der Waals surface area contributed by atoms with Gasteiger partial charge in [-0.05, 0) is 6.07 Å². The van der Waals surface area contributed by atoms with E-state index in [-0.39, 0.29) is 6.61 Å². The third kappa shape index (κ3) is 2.43. The minimum Gasteiger partial charge on any atom is -0.445 e. The molecule has 1 amide bonds. The lowest BCUT2D eigenvalue weighted by molar-refractivity contribution is 0.150. The van der Waals surface area contributed by atoms with Crippen molar-refractivity contribution in [1.29, 1.82) is 0 Å². The van der Waals surface area contributed by atoms with E-state index in [4.69, 9.17) is 17.3 Å². The summed E-state index contributed by atoms with van der Waals surface area (Å²) in [5.74, 6) is 0. The van der Waals surface area contributed by atoms with Crippen LogP contribution in [0.2, 0.25) is 5.02 Å². The van der Waals surface area contributed by atoms with Crippen LogP contribution < -0.4 is 5.73 Å². The fourth-order valence-electron chi connectivity index (χ4n) is 0.764. The molecule has 64 valence electrons. The molecular weight excluding hydrogens is 178 g/mol. The van der Waals surface area contributed by atoms with E-state index in [2.05, 4.69) is 4.74 Å². The molecule has 0 saturated heterocycles. The first-order valence-corrected chi connectivity index (χ1v) is 3.73. The molecule has 0 saturated carbocycles. The van der Waals surface area contributed by atoms with E-state index in [9.17, 15) is 4.79 Å². The molecular formula is C8H8ClNO2. The van der Waals surface area contributed by atoms with E-state index in [1.165, 1.54) is 0 Å². The van der Waals surface area contributed by atoms with Gasteiger partial charge in [-0.15, -0.1) is 0 Å². The molecule has 0 radical (unpaired) electrons. The Bertz CT molecular complexity index is 288. The molecule has 12 heavy (non-hydrogen) atoms. The number of rotatable bonds is 2. The summed E-state index contributed by atoms with van der Waals surface area (Å²) in [6.45, 7) is 0.120. The Morgan fingerprint density at radius 3 is 2.75 bits per heavy atom. The second-order valence-corrected chi connectivity index (χ2v) is 2.61. The molecule has 1 aromatic rings. The van der Waals surface area contributed by atoms with Crippen molar-refractivity contribution >= 4 is 17.7 Å². The molecule has 0 fully saturated rings. The monoisotopic (exact) mass is 185 g/mol. The van der Waals surface area contributed by atoms with Gasteiger partial charge < -0.3 is 10.5 Å². The molecule has 0 aromatic heterocycles. The molecule has 0 spiro atoms. The van der Waals surface area contributed by atoms with Crippen molar-refractivity contribution in [3.63, 3.8) is 0 Å². The van der Waals surface area contributed by atoms with Crippen LogP contribution in [0, 0.1) is 0 Å². The average Bonchev–Trinajstić information content (AvgIpc) is 2.03. The van der Waals surface area contributed by atoms with Gasteiger partial charge in [-0.1, -0.05) is 29.8 Å². The summed E-state index contributed by atoms with van der Waals surface area (Å²) in [5.41, 5.74) is 5.53. The molecule has 0 heterocycles. The van der Waals surface area contributed by atoms with Crippen LogP contribution in [0.3, 0.4) is 0 Å². The quantitative estimate of drug-likeness (QED) is 0.766. The lowest BCUT2D eigenvalue weighted by Crippen LogP contribution is -2.12. The predicted molar refractivity (Wildman–Crippen MR) is 45.8 cm³/mol. The number of nitrogens with two attached hydrogens (primary N) is 1. The maximum absolute atomic E-state index is 10.2. The maximum Gasteiger partial charge on any atom is 0.404 e. The van der Waals surface area contributed by atoms with Crippen molar-refractivity contribution in [3.05, 3.63) is 34.9 Å². The SMILES string of the molecule is NC(=O)OCc1ccccc1Cl. The number of hydrogen-bond acceptors (Lipinski definition) is 2. The number of halogens is 1. The summed E-state index contributed by atoms with van der Waals surface area (Å²) < 4.78 is 4.56. The Morgan fingerprint density at radius 2 is 2.17 bits per heavy atom. The van der Waals surface area contributed by atoms with Gasteiger partial charge in [0, 0.05) is 10.6 Å². The minimum absolute atomic E-state index is 0.120. The lowest BCUT2D eigenvalue weighted by Gasteiger charge is -2.02. The number of benzene rings is 1. The van der Waals surface area contributed by atoms with Gasteiger partial charge in [-0.25, -0.2) is 4.79 Å². The van der Waals surface area contributed by atoms with Gasteiger partial charge in [0.05, 0.1) is 0 Å². The first-order chi connectivity index (χ1) is 5.70. The summed E-state index contributed by atoms with van der Waals surface area (Å²) >= 11 is 5.78. The lowest BCUT2D eigenvalue weighted by atomic mass is 10.2. The van der Waals surface area contributed by atoms with Gasteiger partial charge in [0.1, 0.15) is 6.61 Å². The summed E-state index contributed by atoms with van der Waals surface area (Å²) in [7, 11) is 0. The molecule has 0 aliphatic rings. The van der Waals surface area contributed by atoms with E-state index in [0.717, 1.165) is 5.56 Å². The van der Waals surface area contributed by atoms with E-state index in [0.29, 0.717) is 5.02 Å². The summed E-state index contributed by atoms with van der Waals surface area (Å²) in [6.07, 6.45) is -0.796. The molecule has 0 aliphatic heterocycles. The summed E-state index contributed by atoms with van der Waals surface area (Å²) in [5, 5.41) is 0.568. The van der Waals surface area contributed by atoms with Crippen molar-refractivity contribution in [2.24, 2.45) is 5.73 Å². The second kappa shape index (κ2) is 3.97. The first kappa shape index (κ1) is 8.87. The summed E-state index contributed by atoms with van der Waals surface area (Å²) in [4.78, 5) is 10.2. The largest absolute Gasteiger partial charge is 0.445 e. The van der Waals surface area contributed by atoms with Crippen LogP contribution in [0.5, 0.6) is 0 Å². The first-order valence-electron chi connectivity index (χ1n) is 3.36. The van der Waals surface area contributed by atoms with Crippen molar-refractivity contribution in [2.75, 3.05) is 0 Å². The van der Waals surface area contributed by atoms with E-state index >= 15 is 0 Å². The average molecular weight is 186 g/mol. The Morgan fingerprint density at radius 1 is 1.50 bits per heavy atom. The van der Waals surface area contributed by atoms with Gasteiger partial charge in [-0.2, -0.15) is 0 Å². The normalized spacial score (nSPS) is 9.42. The third-order valence-electron chi connectivity index (χ3n) is 1.33. The number of hydrogen-bond donors (Lipinski definition) is 1. The van der Waals surface area contributed by atoms with Gasteiger partial charge in [0.25, 0.3) is 0 Å². The van der Waals surface area contributed by atoms with Crippen LogP contribution in [0.25, 0.3) is 0 Å². The van der Waals surface area contributed by atoms with Crippen LogP contribution in [0.1, 0.15) is 5.56 Å². The van der Waals surface area contributed by atoms with E-state index in [1.807, 2.05) is 6.07 Å². The van der Waals surface area contributed by atoms with Crippen molar-refractivity contribution < 1.29 is 9.53 Å². The van der Waals surface area contributed by atoms with Crippen molar-refractivity contribution in [3.8, 4) is 0 Å². The molecule has 4 heteroatoms. The molecule has 0 unspecified atom stereocenters. The minimum atomic E-state index is -0.796. The van der Waals surface area contributed by atoms with Gasteiger partial charge in [-0.3, -0.25) is 0 Å². The molecule has 2 N–H and O–H groups in total. The maximum atomic E-state index is 10.2. The van der Waals surface area contributed by atoms with Gasteiger partial charge in [0.15, 0.2) is 0 Å². The van der Waals surface area contributed by atoms with Crippen molar-refractivity contribution in [1.82, 2.24) is 0 Å². The fraction of sp³-hybridized carbons (Fsp3) is 0.125. The zero-order valence-electron chi connectivity index (χ0n) is 6.29. The number of carbonyl (C=O) groups is 1. The van der Waals surface area contributed by atoms with E-state index in [1.54, 1.807) is 18.2 Å². The molecule has 0 atom stereocenters. The van der Waals surface area contributed by atoms with Crippen LogP contribution >= 0.6 is 11.6 Å². The van der Waals surface area contributed by atoms with E-state index < -0.39 is 6.09 Å². The van der Waals surface area contributed by atoms with Crippen LogP contribution in [-0.4, -0.2) is 6.09 Å². The topological polar surface area (TPSA) is 52.3 Å². The number of carbonyl (C=O) groups excluding carboxylic acids is 1. The predicted octanol–water partition coefficient (Wildman–Crippen LogP) is 1.94. The zero-order valence-corrected chi connectivity index (χ0v) is 7.04. The van der Waals surface area contributed by atoms with Gasteiger partial charge in [0.2, 0.25) is 0 Å². The molecule has 1 rings (SSSR count). The van der Waals surface area contributed by atoms with Crippen molar-refractivity contribution in [2.45, 2.75) is 6.61 Å². The van der Waals surface area contributed by atoms with Crippen LogP contribution in [0.4, 0.5) is 4.79 Å². The molecule has 0 bridgehead atoms. The highest BCUT2D eigenvalue weighted by atomic mass is 35.5. The Balaban J connectivity index is 2.63. The smallest absolute Gasteiger partial charge is 0.404 e. The summed E-state index contributed by atoms with van der Waals surface area (Å²) in [6, 6.07) is 7.11.